The molecule has 3 nitrogen and oxygen atoms in total. The Hall–Kier alpha value is -1.19. The summed E-state index contributed by atoms with van der Waals surface area (Å²) >= 11 is 11.9. The highest BCUT2D eigenvalue weighted by atomic mass is 35.5. The zero-order valence-electron chi connectivity index (χ0n) is 10.5. The Labute approximate surface area is 117 Å². The summed E-state index contributed by atoms with van der Waals surface area (Å²) in [5.41, 5.74) is 2.19. The predicted octanol–water partition coefficient (Wildman–Crippen LogP) is 4.21. The third-order valence-electron chi connectivity index (χ3n) is 2.92. The van der Waals surface area contributed by atoms with Crippen LogP contribution in [0.3, 0.4) is 0 Å². The van der Waals surface area contributed by atoms with E-state index in [0.717, 1.165) is 17.1 Å². The summed E-state index contributed by atoms with van der Waals surface area (Å²) in [5.74, 6) is 0.855. The first kappa shape index (κ1) is 13.2. The van der Waals surface area contributed by atoms with E-state index < -0.39 is 0 Å². The van der Waals surface area contributed by atoms with Gasteiger partial charge >= 0.3 is 0 Å². The average Bonchev–Trinajstić information content (AvgIpc) is 2.61. The van der Waals surface area contributed by atoms with Gasteiger partial charge in [-0.3, -0.25) is 4.68 Å². The van der Waals surface area contributed by atoms with Crippen LogP contribution in [0.25, 0.3) is 0 Å². The van der Waals surface area contributed by atoms with E-state index >= 15 is 0 Å². The van der Waals surface area contributed by atoms with E-state index in [9.17, 15) is 0 Å². The number of hydrogen-bond donors (Lipinski definition) is 1. The van der Waals surface area contributed by atoms with Gasteiger partial charge in [-0.05, 0) is 31.5 Å². The van der Waals surface area contributed by atoms with Crippen molar-refractivity contribution in [1.29, 1.82) is 0 Å². The van der Waals surface area contributed by atoms with E-state index in [1.807, 2.05) is 36.9 Å². The number of aromatic nitrogens is 2. The number of nitrogens with zero attached hydrogens (tertiary/aromatic N) is 2. The van der Waals surface area contributed by atoms with Crippen LogP contribution in [0.15, 0.2) is 24.3 Å². The second kappa shape index (κ2) is 5.21. The lowest BCUT2D eigenvalue weighted by atomic mass is 10.1. The second-order valence-electron chi connectivity index (χ2n) is 4.33. The van der Waals surface area contributed by atoms with Gasteiger partial charge in [0.05, 0.1) is 16.1 Å². The van der Waals surface area contributed by atoms with Gasteiger partial charge in [0, 0.05) is 18.8 Å². The van der Waals surface area contributed by atoms with Crippen molar-refractivity contribution in [3.05, 3.63) is 45.6 Å². The van der Waals surface area contributed by atoms with Crippen molar-refractivity contribution in [1.82, 2.24) is 9.78 Å². The van der Waals surface area contributed by atoms with Crippen LogP contribution in [0.5, 0.6) is 0 Å². The molecule has 2 aromatic rings. The van der Waals surface area contributed by atoms with Gasteiger partial charge in [0.15, 0.2) is 0 Å². The van der Waals surface area contributed by atoms with E-state index in [-0.39, 0.29) is 6.04 Å². The first-order chi connectivity index (χ1) is 8.47. The molecule has 0 aliphatic carbocycles. The molecule has 2 rings (SSSR count). The molecule has 1 unspecified atom stereocenters. The minimum Gasteiger partial charge on any atom is -0.362 e. The van der Waals surface area contributed by atoms with Crippen molar-refractivity contribution in [2.45, 2.75) is 19.9 Å². The molecule has 0 aliphatic rings. The highest BCUT2D eigenvalue weighted by molar-refractivity contribution is 6.42. The average molecular weight is 284 g/mol. The van der Waals surface area contributed by atoms with Crippen LogP contribution in [-0.2, 0) is 7.05 Å². The Bertz CT molecular complexity index is 544. The molecule has 0 fully saturated rings. The zero-order valence-corrected chi connectivity index (χ0v) is 12.0. The second-order valence-corrected chi connectivity index (χ2v) is 5.15. The lowest BCUT2D eigenvalue weighted by Crippen LogP contribution is -2.07. The van der Waals surface area contributed by atoms with Crippen LogP contribution >= 0.6 is 23.2 Å². The summed E-state index contributed by atoms with van der Waals surface area (Å²) in [7, 11) is 1.92. The fourth-order valence-corrected chi connectivity index (χ4v) is 2.02. The van der Waals surface area contributed by atoms with Crippen molar-refractivity contribution in [2.75, 3.05) is 5.32 Å². The Balaban J connectivity index is 2.16. The van der Waals surface area contributed by atoms with Gasteiger partial charge in [0.1, 0.15) is 5.82 Å². The van der Waals surface area contributed by atoms with E-state index in [0.29, 0.717) is 10.0 Å². The van der Waals surface area contributed by atoms with Crippen molar-refractivity contribution in [3.8, 4) is 0 Å². The Morgan fingerprint density at radius 1 is 1.22 bits per heavy atom. The number of halogens is 2. The highest BCUT2D eigenvalue weighted by Crippen LogP contribution is 2.27. The molecule has 5 heteroatoms. The summed E-state index contributed by atoms with van der Waals surface area (Å²) in [5, 5.41) is 8.84. The van der Waals surface area contributed by atoms with Crippen LogP contribution in [0.4, 0.5) is 5.82 Å². The standard InChI is InChI=1S/C13H15Cl2N3/c1-8-6-13(17-18(8)3)16-9(2)10-4-5-11(14)12(15)7-10/h4-7,9H,1-3H3,(H,16,17). The van der Waals surface area contributed by atoms with E-state index in [1.165, 1.54) is 0 Å². The molecule has 1 heterocycles. The summed E-state index contributed by atoms with van der Waals surface area (Å²) in [6.07, 6.45) is 0. The number of rotatable bonds is 3. The minimum atomic E-state index is 0.120. The molecule has 0 amide bonds. The van der Waals surface area contributed by atoms with Gasteiger partial charge in [-0.1, -0.05) is 29.3 Å². The van der Waals surface area contributed by atoms with Crippen LogP contribution < -0.4 is 5.32 Å². The van der Waals surface area contributed by atoms with Crippen LogP contribution in [0.2, 0.25) is 10.0 Å². The molecule has 1 N–H and O–H groups in total. The monoisotopic (exact) mass is 283 g/mol. The molecule has 1 aromatic heterocycles. The highest BCUT2D eigenvalue weighted by Gasteiger charge is 2.09. The van der Waals surface area contributed by atoms with Crippen molar-refractivity contribution >= 4 is 29.0 Å². The molecular weight excluding hydrogens is 269 g/mol. The number of hydrogen-bond acceptors (Lipinski definition) is 2. The first-order valence-electron chi connectivity index (χ1n) is 5.69. The van der Waals surface area contributed by atoms with Crippen molar-refractivity contribution in [3.63, 3.8) is 0 Å². The molecule has 0 radical (unpaired) electrons. The SMILES string of the molecule is Cc1cc(NC(C)c2ccc(Cl)c(Cl)c2)nn1C. The normalized spacial score (nSPS) is 12.5. The van der Waals surface area contributed by atoms with Gasteiger partial charge in [0.25, 0.3) is 0 Å². The summed E-state index contributed by atoms with van der Waals surface area (Å²) < 4.78 is 1.84. The van der Waals surface area contributed by atoms with Gasteiger partial charge < -0.3 is 5.32 Å². The van der Waals surface area contributed by atoms with Gasteiger partial charge in [-0.15, -0.1) is 0 Å². The smallest absolute Gasteiger partial charge is 0.148 e. The fourth-order valence-electron chi connectivity index (χ4n) is 1.72. The Kier molecular flexibility index (Phi) is 3.83. The molecule has 0 bridgehead atoms. The lowest BCUT2D eigenvalue weighted by molar-refractivity contribution is 0.736. The summed E-state index contributed by atoms with van der Waals surface area (Å²) in [6.45, 7) is 4.07. The number of aryl methyl sites for hydroxylation is 2. The fraction of sp³-hybridized carbons (Fsp3) is 0.308. The van der Waals surface area contributed by atoms with Crippen LogP contribution in [0.1, 0.15) is 24.2 Å². The summed E-state index contributed by atoms with van der Waals surface area (Å²) in [4.78, 5) is 0. The van der Waals surface area contributed by atoms with Gasteiger partial charge in [-0.25, -0.2) is 0 Å². The topological polar surface area (TPSA) is 29.9 Å². The Morgan fingerprint density at radius 2 is 1.94 bits per heavy atom. The Morgan fingerprint density at radius 3 is 2.50 bits per heavy atom. The van der Waals surface area contributed by atoms with Crippen molar-refractivity contribution < 1.29 is 0 Å². The number of benzene rings is 1. The predicted molar refractivity (Wildman–Crippen MR) is 76.4 cm³/mol. The molecule has 96 valence electrons. The van der Waals surface area contributed by atoms with Gasteiger partial charge in [-0.2, -0.15) is 5.10 Å². The first-order valence-corrected chi connectivity index (χ1v) is 6.45. The molecule has 0 saturated carbocycles. The van der Waals surface area contributed by atoms with E-state index in [4.69, 9.17) is 23.2 Å². The lowest BCUT2D eigenvalue weighted by Gasteiger charge is -2.14. The molecule has 0 saturated heterocycles. The third kappa shape index (κ3) is 2.79. The number of nitrogens with one attached hydrogen (secondary N) is 1. The maximum atomic E-state index is 6.01. The van der Waals surface area contributed by atoms with Crippen LogP contribution in [0, 0.1) is 6.92 Å². The molecule has 1 aromatic carbocycles. The largest absolute Gasteiger partial charge is 0.362 e. The van der Waals surface area contributed by atoms with Gasteiger partial charge in [0.2, 0.25) is 0 Å². The zero-order chi connectivity index (χ0) is 13.3. The van der Waals surface area contributed by atoms with Crippen molar-refractivity contribution in [2.24, 2.45) is 7.05 Å². The molecule has 1 atom stereocenters. The third-order valence-corrected chi connectivity index (χ3v) is 3.66. The number of anilines is 1. The molecule has 18 heavy (non-hydrogen) atoms. The quantitative estimate of drug-likeness (QED) is 0.915. The minimum absolute atomic E-state index is 0.120. The van der Waals surface area contributed by atoms with E-state index in [2.05, 4.69) is 17.3 Å². The maximum Gasteiger partial charge on any atom is 0.148 e. The molecular formula is C13H15Cl2N3. The maximum absolute atomic E-state index is 6.01. The molecule has 0 spiro atoms. The molecule has 0 aliphatic heterocycles. The van der Waals surface area contributed by atoms with E-state index in [1.54, 1.807) is 6.07 Å². The summed E-state index contributed by atoms with van der Waals surface area (Å²) in [6, 6.07) is 7.77. The van der Waals surface area contributed by atoms with Crippen LogP contribution in [-0.4, -0.2) is 9.78 Å².